The minimum Gasteiger partial charge on any atom is -0.398 e. The van der Waals surface area contributed by atoms with Crippen LogP contribution in [0.25, 0.3) is 43.6 Å². The maximum Gasteiger partial charge on any atom is 0.0823 e. The summed E-state index contributed by atoms with van der Waals surface area (Å²) in [5, 5.41) is 11.0. The molecule has 0 fully saturated rings. The molecule has 2 aliphatic carbocycles. The van der Waals surface area contributed by atoms with Crippen molar-refractivity contribution in [2.75, 3.05) is 0 Å². The predicted molar refractivity (Wildman–Crippen MR) is 189 cm³/mol. The SMILES string of the molecule is C/C(=C1/C=CC=CC1NC(N)c1cc2ccccc2c2ccccc12)c1ccc2cc(/C(N)=C3\C=CC=CC3C)ccc2c1. The van der Waals surface area contributed by atoms with E-state index in [1.807, 2.05) is 0 Å². The van der Waals surface area contributed by atoms with Crippen LogP contribution in [0.1, 0.15) is 36.7 Å². The van der Waals surface area contributed by atoms with Crippen molar-refractivity contribution < 1.29 is 0 Å². The monoisotopic (exact) mass is 571 g/mol. The normalized spacial score (nSPS) is 20.9. The van der Waals surface area contributed by atoms with Gasteiger partial charge < -0.3 is 11.5 Å². The lowest BCUT2D eigenvalue weighted by atomic mass is 9.90. The van der Waals surface area contributed by atoms with Crippen LogP contribution in [0.2, 0.25) is 0 Å². The quantitative estimate of drug-likeness (QED) is 0.146. The Morgan fingerprint density at radius 2 is 1.30 bits per heavy atom. The zero-order chi connectivity index (χ0) is 30.2. The molecule has 7 rings (SSSR count). The molecule has 0 saturated heterocycles. The van der Waals surface area contributed by atoms with Crippen LogP contribution in [0.3, 0.4) is 0 Å². The second-order valence-corrected chi connectivity index (χ2v) is 11.9. The molecule has 2 aliphatic rings. The Bertz CT molecular complexity index is 2100. The summed E-state index contributed by atoms with van der Waals surface area (Å²) in [5.41, 5.74) is 21.4. The molecular formula is C41H37N3. The Labute approximate surface area is 259 Å². The number of nitrogens with two attached hydrogens (primary N) is 2. The van der Waals surface area contributed by atoms with Crippen LogP contribution in [-0.2, 0) is 0 Å². The van der Waals surface area contributed by atoms with Gasteiger partial charge in [0.2, 0.25) is 0 Å². The molecule has 44 heavy (non-hydrogen) atoms. The summed E-state index contributed by atoms with van der Waals surface area (Å²) in [6.45, 7) is 4.38. The van der Waals surface area contributed by atoms with Gasteiger partial charge in [0, 0.05) is 11.6 Å². The molecule has 0 spiro atoms. The van der Waals surface area contributed by atoms with E-state index in [0.29, 0.717) is 5.92 Å². The third-order valence-electron chi connectivity index (χ3n) is 9.13. The third-order valence-corrected chi connectivity index (χ3v) is 9.13. The molecule has 5 aromatic carbocycles. The maximum atomic E-state index is 6.95. The number of allylic oxidation sites excluding steroid dienone is 8. The second-order valence-electron chi connectivity index (χ2n) is 11.9. The fraction of sp³-hybridized carbons (Fsp3) is 0.122. The van der Waals surface area contributed by atoms with E-state index in [2.05, 4.69) is 159 Å². The van der Waals surface area contributed by atoms with E-state index >= 15 is 0 Å². The van der Waals surface area contributed by atoms with Crippen LogP contribution >= 0.6 is 0 Å². The van der Waals surface area contributed by atoms with Crippen molar-refractivity contribution in [1.82, 2.24) is 5.32 Å². The summed E-state index contributed by atoms with van der Waals surface area (Å²) in [6, 6.07) is 32.5. The van der Waals surface area contributed by atoms with Gasteiger partial charge in [0.25, 0.3) is 0 Å². The van der Waals surface area contributed by atoms with Crippen LogP contribution in [0.15, 0.2) is 151 Å². The number of rotatable bonds is 5. The molecule has 0 heterocycles. The van der Waals surface area contributed by atoms with Gasteiger partial charge in [-0.1, -0.05) is 128 Å². The zero-order valence-electron chi connectivity index (χ0n) is 25.2. The molecule has 0 aliphatic heterocycles. The van der Waals surface area contributed by atoms with E-state index in [0.717, 1.165) is 22.4 Å². The first-order valence-electron chi connectivity index (χ1n) is 15.3. The molecule has 3 heteroatoms. The smallest absolute Gasteiger partial charge is 0.0823 e. The lowest BCUT2D eigenvalue weighted by Gasteiger charge is -2.26. The number of hydrogen-bond donors (Lipinski definition) is 3. The predicted octanol–water partition coefficient (Wildman–Crippen LogP) is 9.09. The van der Waals surface area contributed by atoms with Gasteiger partial charge in [0.05, 0.1) is 12.2 Å². The van der Waals surface area contributed by atoms with E-state index in [-0.39, 0.29) is 12.2 Å². The fourth-order valence-electron chi connectivity index (χ4n) is 6.63. The highest BCUT2D eigenvalue weighted by molar-refractivity contribution is 6.09. The summed E-state index contributed by atoms with van der Waals surface area (Å²) in [4.78, 5) is 0. The molecule has 0 radical (unpaired) electrons. The van der Waals surface area contributed by atoms with E-state index in [9.17, 15) is 0 Å². The van der Waals surface area contributed by atoms with Gasteiger partial charge in [-0.05, 0) is 90.8 Å². The van der Waals surface area contributed by atoms with Crippen LogP contribution in [0.4, 0.5) is 0 Å². The molecule has 5 N–H and O–H groups in total. The number of hydrogen-bond acceptors (Lipinski definition) is 3. The molecule has 3 unspecified atom stereocenters. The zero-order valence-corrected chi connectivity index (χ0v) is 25.2. The van der Waals surface area contributed by atoms with Gasteiger partial charge >= 0.3 is 0 Å². The van der Waals surface area contributed by atoms with Gasteiger partial charge in [-0.15, -0.1) is 0 Å². The van der Waals surface area contributed by atoms with Crippen LogP contribution < -0.4 is 16.8 Å². The highest BCUT2D eigenvalue weighted by Crippen LogP contribution is 2.33. The van der Waals surface area contributed by atoms with E-state index in [1.165, 1.54) is 49.0 Å². The molecular weight excluding hydrogens is 534 g/mol. The van der Waals surface area contributed by atoms with Gasteiger partial charge in [-0.25, -0.2) is 0 Å². The summed E-state index contributed by atoms with van der Waals surface area (Å²) in [6.07, 6.45) is 16.7. The van der Waals surface area contributed by atoms with Crippen molar-refractivity contribution in [3.63, 3.8) is 0 Å². The Morgan fingerprint density at radius 3 is 2.07 bits per heavy atom. The molecule has 3 nitrogen and oxygen atoms in total. The minimum atomic E-state index is -0.347. The van der Waals surface area contributed by atoms with Gasteiger partial charge in [0.15, 0.2) is 0 Å². The van der Waals surface area contributed by atoms with Gasteiger partial charge in [-0.3, -0.25) is 5.32 Å². The summed E-state index contributed by atoms with van der Waals surface area (Å²) >= 11 is 0. The largest absolute Gasteiger partial charge is 0.398 e. The Hall–Kier alpha value is -4.96. The fourth-order valence-corrected chi connectivity index (χ4v) is 6.63. The Morgan fingerprint density at radius 1 is 0.659 bits per heavy atom. The minimum absolute atomic E-state index is 0.0238. The number of benzene rings is 5. The van der Waals surface area contributed by atoms with Crippen molar-refractivity contribution >= 4 is 43.6 Å². The lowest BCUT2D eigenvalue weighted by molar-refractivity contribution is 0.536. The molecule has 5 aromatic rings. The molecule has 0 amide bonds. The Kier molecular flexibility index (Phi) is 7.35. The Balaban J connectivity index is 1.20. The van der Waals surface area contributed by atoms with Crippen molar-refractivity contribution in [3.8, 4) is 0 Å². The van der Waals surface area contributed by atoms with Crippen LogP contribution in [-0.4, -0.2) is 6.04 Å². The summed E-state index contributed by atoms with van der Waals surface area (Å²) < 4.78 is 0. The molecule has 0 aromatic heterocycles. The molecule has 0 saturated carbocycles. The van der Waals surface area contributed by atoms with E-state index in [4.69, 9.17) is 11.5 Å². The van der Waals surface area contributed by atoms with Crippen molar-refractivity contribution in [3.05, 3.63) is 167 Å². The standard InChI is InChI=1S/C41H37N3/c1-26-11-3-5-13-33(26)40(42)32-22-21-29-23-28(19-20-30(29)24-32)27(2)34-14-9-10-18-39(34)44-41(43)38-25-31-12-4-6-15-35(31)36-16-7-8-17-37(36)38/h3-26,39,41,44H,42-43H2,1-2H3/b34-27+,40-33-. The lowest BCUT2D eigenvalue weighted by Crippen LogP contribution is -2.38. The second kappa shape index (κ2) is 11.6. The average Bonchev–Trinajstić information content (AvgIpc) is 3.07. The molecule has 216 valence electrons. The third kappa shape index (κ3) is 5.11. The van der Waals surface area contributed by atoms with Crippen LogP contribution in [0, 0.1) is 5.92 Å². The highest BCUT2D eigenvalue weighted by atomic mass is 15.0. The van der Waals surface area contributed by atoms with Gasteiger partial charge in [0.1, 0.15) is 0 Å². The number of fused-ring (bicyclic) bond motifs is 4. The molecule has 0 bridgehead atoms. The van der Waals surface area contributed by atoms with Crippen molar-refractivity contribution in [1.29, 1.82) is 0 Å². The summed E-state index contributed by atoms with van der Waals surface area (Å²) in [7, 11) is 0. The van der Waals surface area contributed by atoms with Crippen molar-refractivity contribution in [2.45, 2.75) is 26.1 Å². The van der Waals surface area contributed by atoms with Crippen LogP contribution in [0.5, 0.6) is 0 Å². The van der Waals surface area contributed by atoms with E-state index < -0.39 is 0 Å². The van der Waals surface area contributed by atoms with Crippen molar-refractivity contribution in [2.24, 2.45) is 17.4 Å². The van der Waals surface area contributed by atoms with E-state index in [1.54, 1.807) is 0 Å². The molecule has 3 atom stereocenters. The first-order valence-corrected chi connectivity index (χ1v) is 15.3. The topological polar surface area (TPSA) is 64.1 Å². The van der Waals surface area contributed by atoms with Gasteiger partial charge in [-0.2, -0.15) is 0 Å². The highest BCUT2D eigenvalue weighted by Gasteiger charge is 2.20. The summed E-state index contributed by atoms with van der Waals surface area (Å²) in [5.74, 6) is 0.305. The average molecular weight is 572 g/mol. The first-order chi connectivity index (χ1) is 21.5. The maximum absolute atomic E-state index is 6.95. The number of nitrogens with one attached hydrogen (secondary N) is 1. The first kappa shape index (κ1) is 27.8.